The number of hydrogen-bond acceptors (Lipinski definition) is 7. The molecule has 4 N–H and O–H groups in total. The monoisotopic (exact) mass is 498 g/mol. The lowest BCUT2D eigenvalue weighted by Crippen LogP contribution is -2.37. The second-order valence-electron chi connectivity index (χ2n) is 10.9. The Morgan fingerprint density at radius 2 is 1.36 bits per heavy atom. The molecule has 0 unspecified atom stereocenters. The van der Waals surface area contributed by atoms with E-state index in [4.69, 9.17) is 0 Å². The number of allylic oxidation sites excluding steroid dienone is 5. The molecule has 7 heteroatoms. The number of phenols is 3. The summed E-state index contributed by atoms with van der Waals surface area (Å²) in [6, 6.07) is 0. The minimum absolute atomic E-state index is 0.0688. The highest BCUT2D eigenvalue weighted by atomic mass is 16.3. The normalized spacial score (nSPS) is 15.7. The van der Waals surface area contributed by atoms with Gasteiger partial charge in [-0.05, 0) is 46.6 Å². The zero-order valence-corrected chi connectivity index (χ0v) is 22.7. The van der Waals surface area contributed by atoms with Crippen molar-refractivity contribution in [1.29, 1.82) is 0 Å². The van der Waals surface area contributed by atoms with Crippen molar-refractivity contribution in [2.75, 3.05) is 0 Å². The number of carbonyl (C=O) groups excluding carboxylic acids is 3. The Hall–Kier alpha value is -3.35. The topological polar surface area (TPSA) is 132 Å². The van der Waals surface area contributed by atoms with E-state index in [1.54, 1.807) is 54.5 Å². The first-order valence-electron chi connectivity index (χ1n) is 12.2. The lowest BCUT2D eigenvalue weighted by Gasteiger charge is -2.33. The van der Waals surface area contributed by atoms with E-state index >= 15 is 0 Å². The summed E-state index contributed by atoms with van der Waals surface area (Å²) >= 11 is 0. The van der Waals surface area contributed by atoms with Crippen molar-refractivity contribution < 1.29 is 34.8 Å². The lowest BCUT2D eigenvalue weighted by atomic mass is 9.69. The van der Waals surface area contributed by atoms with Gasteiger partial charge in [-0.15, -0.1) is 0 Å². The largest absolute Gasteiger partial charge is 0.507 e. The highest BCUT2D eigenvalue weighted by Gasteiger charge is 2.44. The van der Waals surface area contributed by atoms with Gasteiger partial charge in [0.1, 0.15) is 34.1 Å². The molecule has 0 spiro atoms. The van der Waals surface area contributed by atoms with Crippen molar-refractivity contribution in [3.05, 3.63) is 50.8 Å². The summed E-state index contributed by atoms with van der Waals surface area (Å²) in [4.78, 5) is 39.0. The Morgan fingerprint density at radius 1 is 0.861 bits per heavy atom. The van der Waals surface area contributed by atoms with Crippen molar-refractivity contribution in [1.82, 2.24) is 0 Å². The summed E-state index contributed by atoms with van der Waals surface area (Å²) in [6.07, 6.45) is 1.61. The van der Waals surface area contributed by atoms with Crippen LogP contribution in [-0.4, -0.2) is 37.8 Å². The van der Waals surface area contributed by atoms with Gasteiger partial charge in [0.2, 0.25) is 0 Å². The van der Waals surface area contributed by atoms with Gasteiger partial charge in [0.25, 0.3) is 0 Å². The predicted octanol–water partition coefficient (Wildman–Crippen LogP) is 5.66. The van der Waals surface area contributed by atoms with Gasteiger partial charge in [-0.2, -0.15) is 0 Å². The first kappa shape index (κ1) is 28.9. The summed E-state index contributed by atoms with van der Waals surface area (Å²) in [5.74, 6) is -4.60. The van der Waals surface area contributed by atoms with E-state index < -0.39 is 57.6 Å². The van der Waals surface area contributed by atoms with Crippen LogP contribution in [0.15, 0.2) is 34.1 Å². The Labute approximate surface area is 212 Å². The van der Waals surface area contributed by atoms with Crippen LogP contribution in [0.3, 0.4) is 0 Å². The average molecular weight is 499 g/mol. The van der Waals surface area contributed by atoms with E-state index in [0.29, 0.717) is 5.57 Å². The Kier molecular flexibility index (Phi) is 8.29. The number of ketones is 3. The molecule has 0 saturated heterocycles. The zero-order chi connectivity index (χ0) is 27.9. The average Bonchev–Trinajstić information content (AvgIpc) is 2.77. The number of rotatable bonds is 8. The van der Waals surface area contributed by atoms with Gasteiger partial charge in [0.05, 0.1) is 0 Å². The fourth-order valence-corrected chi connectivity index (χ4v) is 4.22. The van der Waals surface area contributed by atoms with E-state index in [1.165, 1.54) is 0 Å². The fraction of sp³-hybridized carbons (Fsp3) is 0.483. The van der Waals surface area contributed by atoms with Crippen molar-refractivity contribution in [2.45, 2.75) is 75.2 Å². The van der Waals surface area contributed by atoms with Crippen molar-refractivity contribution in [2.24, 2.45) is 17.3 Å². The molecular formula is C29H38O7. The van der Waals surface area contributed by atoms with Crippen LogP contribution in [0.25, 0.3) is 0 Å². The molecule has 0 heterocycles. The third-order valence-electron chi connectivity index (χ3n) is 6.93. The van der Waals surface area contributed by atoms with Crippen LogP contribution < -0.4 is 0 Å². The van der Waals surface area contributed by atoms with Crippen LogP contribution >= 0.6 is 0 Å². The highest BCUT2D eigenvalue weighted by molar-refractivity contribution is 6.24. The predicted molar refractivity (Wildman–Crippen MR) is 138 cm³/mol. The third-order valence-corrected chi connectivity index (χ3v) is 6.93. The smallest absolute Gasteiger partial charge is 0.179 e. The summed E-state index contributed by atoms with van der Waals surface area (Å²) in [7, 11) is 0. The number of Topliss-reactive ketones (excluding diaryl/α,β-unsaturated/α-hetero) is 3. The number of benzene rings is 1. The number of aliphatic hydroxyl groups is 1. The number of hydrogen-bond donors (Lipinski definition) is 4. The number of carbonyl (C=O) groups is 3. The van der Waals surface area contributed by atoms with Crippen LogP contribution in [0.1, 0.15) is 83.8 Å². The van der Waals surface area contributed by atoms with Gasteiger partial charge in [0, 0.05) is 34.8 Å². The van der Waals surface area contributed by atoms with Crippen molar-refractivity contribution in [3.8, 4) is 17.2 Å². The molecule has 1 aliphatic carbocycles. The van der Waals surface area contributed by atoms with Gasteiger partial charge < -0.3 is 20.4 Å². The van der Waals surface area contributed by atoms with E-state index in [0.717, 1.165) is 5.57 Å². The molecule has 7 nitrogen and oxygen atoms in total. The quantitative estimate of drug-likeness (QED) is 0.207. The molecule has 1 aliphatic rings. The van der Waals surface area contributed by atoms with Crippen LogP contribution in [0.4, 0.5) is 0 Å². The SMILES string of the molecule is CC(C)=CCc1c(O)c(CC2=C(C)C(C)(C)C(=O)C(C(=O)C(C)C)=C2O)c(O)c(C(=O)C(C)C)c1O. The van der Waals surface area contributed by atoms with E-state index in [1.807, 2.05) is 13.8 Å². The standard InChI is InChI=1S/C29H38O7/c1-13(2)10-11-17-24(32)19(27(35)20(25(17)33)22(30)14(3)4)12-18-16(7)29(8,9)28(36)21(26(18)34)23(31)15(5)6/h10,14-15,32-35H,11-12H2,1-9H3. The molecule has 1 aromatic rings. The van der Waals surface area contributed by atoms with Crippen LogP contribution in [0.2, 0.25) is 0 Å². The van der Waals surface area contributed by atoms with Crippen LogP contribution in [0, 0.1) is 17.3 Å². The van der Waals surface area contributed by atoms with Crippen LogP contribution in [0.5, 0.6) is 17.2 Å². The molecule has 0 saturated carbocycles. The van der Waals surface area contributed by atoms with E-state index in [-0.39, 0.29) is 40.7 Å². The Morgan fingerprint density at radius 3 is 1.83 bits per heavy atom. The minimum Gasteiger partial charge on any atom is -0.507 e. The maximum atomic E-state index is 13.2. The second kappa shape index (κ2) is 10.3. The number of aliphatic hydroxyl groups excluding tert-OH is 1. The molecule has 0 radical (unpaired) electrons. The summed E-state index contributed by atoms with van der Waals surface area (Å²) < 4.78 is 0. The zero-order valence-electron chi connectivity index (χ0n) is 22.7. The van der Waals surface area contributed by atoms with Gasteiger partial charge in [-0.25, -0.2) is 0 Å². The van der Waals surface area contributed by atoms with Crippen LogP contribution in [-0.2, 0) is 22.4 Å². The molecule has 1 aromatic carbocycles. The van der Waals surface area contributed by atoms with Crippen molar-refractivity contribution in [3.63, 3.8) is 0 Å². The maximum absolute atomic E-state index is 13.2. The van der Waals surface area contributed by atoms with Crippen molar-refractivity contribution >= 4 is 17.3 Å². The third kappa shape index (κ3) is 4.97. The molecule has 0 aromatic heterocycles. The lowest BCUT2D eigenvalue weighted by molar-refractivity contribution is -0.127. The molecule has 0 bridgehead atoms. The molecule has 0 atom stereocenters. The van der Waals surface area contributed by atoms with E-state index in [2.05, 4.69) is 0 Å². The first-order chi connectivity index (χ1) is 16.5. The number of phenolic OH excluding ortho intramolecular Hbond substituents is 3. The number of aromatic hydroxyl groups is 3. The molecule has 0 amide bonds. The first-order valence-corrected chi connectivity index (χ1v) is 12.2. The molecule has 0 aliphatic heterocycles. The highest BCUT2D eigenvalue weighted by Crippen LogP contribution is 2.47. The molecule has 2 rings (SSSR count). The van der Waals surface area contributed by atoms with Gasteiger partial charge >= 0.3 is 0 Å². The molecule has 36 heavy (non-hydrogen) atoms. The summed E-state index contributed by atoms with van der Waals surface area (Å²) in [5.41, 5.74) is -0.140. The second-order valence-corrected chi connectivity index (χ2v) is 10.9. The summed E-state index contributed by atoms with van der Waals surface area (Å²) in [6.45, 7) is 15.2. The Balaban J connectivity index is 2.90. The fourth-order valence-electron chi connectivity index (χ4n) is 4.22. The maximum Gasteiger partial charge on any atom is 0.179 e. The molecular weight excluding hydrogens is 460 g/mol. The minimum atomic E-state index is -1.12. The Bertz CT molecular complexity index is 1220. The van der Waals surface area contributed by atoms with Gasteiger partial charge in [0.15, 0.2) is 17.3 Å². The molecule has 196 valence electrons. The summed E-state index contributed by atoms with van der Waals surface area (Å²) in [5, 5.41) is 44.3. The van der Waals surface area contributed by atoms with Gasteiger partial charge in [-0.1, -0.05) is 44.9 Å². The van der Waals surface area contributed by atoms with E-state index in [9.17, 15) is 34.8 Å². The van der Waals surface area contributed by atoms with Gasteiger partial charge in [-0.3, -0.25) is 14.4 Å². The molecule has 0 fully saturated rings.